The number of hydrogen-bond acceptors (Lipinski definition) is 6. The fourth-order valence-corrected chi connectivity index (χ4v) is 0.0577. The van der Waals surface area contributed by atoms with Gasteiger partial charge in [0.15, 0.2) is 0 Å². The van der Waals surface area contributed by atoms with Crippen LogP contribution in [0.15, 0.2) is 0 Å². The topological polar surface area (TPSA) is 121 Å². The Balaban J connectivity index is -0.000000114. The zero-order valence-electron chi connectivity index (χ0n) is 6.25. The van der Waals surface area contributed by atoms with E-state index in [4.69, 9.17) is 30.4 Å². The molecule has 0 spiro atoms. The van der Waals surface area contributed by atoms with Gasteiger partial charge in [-0.15, -0.1) is 0 Å². The van der Waals surface area contributed by atoms with E-state index in [0.717, 1.165) is 0 Å². The molecule has 0 aliphatic carbocycles. The van der Waals surface area contributed by atoms with Gasteiger partial charge in [0.1, 0.15) is 6.10 Å². The van der Waals surface area contributed by atoms with E-state index in [1.54, 1.807) is 0 Å². The van der Waals surface area contributed by atoms with E-state index in [9.17, 15) is 0 Å². The quantitative estimate of drug-likeness (QED) is 0.238. The van der Waals surface area contributed by atoms with Crippen LogP contribution in [0.5, 0.6) is 0 Å². The maximum atomic E-state index is 8.17. The van der Waals surface area contributed by atoms with Crippen LogP contribution in [-0.4, -0.2) is 86.6 Å². The summed E-state index contributed by atoms with van der Waals surface area (Å²) in [5.41, 5.74) is 0. The number of hydrogen-bond donors (Lipinski definition) is 6. The second kappa shape index (κ2) is 13.4. The Morgan fingerprint density at radius 1 is 1.00 bits per heavy atom. The van der Waals surface area contributed by atoms with Crippen molar-refractivity contribution in [2.24, 2.45) is 0 Å². The standard InChI is InChI=1S/C3H8O3.BH3O3.Na/c4-1-3(6)2-5;2-1(3)4;/h3-6H,1-2H2;2-4H;. The first-order valence-corrected chi connectivity index (χ1v) is 2.48. The minimum Gasteiger partial charge on any atom is -0.402 e. The van der Waals surface area contributed by atoms with E-state index in [2.05, 4.69) is 0 Å². The molecule has 8 heteroatoms. The van der Waals surface area contributed by atoms with Crippen molar-refractivity contribution in [1.29, 1.82) is 0 Å². The molecule has 0 saturated carbocycles. The van der Waals surface area contributed by atoms with Crippen LogP contribution in [0, 0.1) is 0 Å². The van der Waals surface area contributed by atoms with E-state index in [1.165, 1.54) is 0 Å². The molecule has 1 radical (unpaired) electrons. The minimum absolute atomic E-state index is 0. The van der Waals surface area contributed by atoms with Gasteiger partial charge in [0.25, 0.3) is 0 Å². The van der Waals surface area contributed by atoms with Gasteiger partial charge >= 0.3 is 7.32 Å². The molecule has 0 aliphatic rings. The molecule has 0 rings (SSSR count). The molecule has 0 aromatic carbocycles. The van der Waals surface area contributed by atoms with Crippen molar-refractivity contribution in [3.63, 3.8) is 0 Å². The Kier molecular flexibility index (Phi) is 21.7. The first-order valence-electron chi connectivity index (χ1n) is 2.48. The maximum absolute atomic E-state index is 8.17. The summed E-state index contributed by atoms with van der Waals surface area (Å²) in [7, 11) is -2.17. The van der Waals surface area contributed by atoms with Gasteiger partial charge in [-0.05, 0) is 0 Å². The van der Waals surface area contributed by atoms with Crippen LogP contribution in [0.1, 0.15) is 0 Å². The summed E-state index contributed by atoms with van der Waals surface area (Å²) < 4.78 is 0. The largest absolute Gasteiger partial charge is 0.631 e. The molecule has 0 saturated heterocycles. The normalized spacial score (nSPS) is 7.91. The molecular formula is C3H11BNaO6. The summed E-state index contributed by atoms with van der Waals surface area (Å²) in [5.74, 6) is 0. The van der Waals surface area contributed by atoms with E-state index in [1.807, 2.05) is 0 Å². The zero-order valence-corrected chi connectivity index (χ0v) is 8.25. The number of rotatable bonds is 2. The summed E-state index contributed by atoms with van der Waals surface area (Å²) >= 11 is 0. The molecule has 0 bridgehead atoms. The predicted molar refractivity (Wildman–Crippen MR) is 38.3 cm³/mol. The molecule has 0 atom stereocenters. The summed E-state index contributed by atoms with van der Waals surface area (Å²) in [5, 5.41) is 45.5. The summed E-state index contributed by atoms with van der Waals surface area (Å²) in [6.07, 6.45) is -0.954. The molecule has 0 fully saturated rings. The Bertz CT molecular complexity index is 57.0. The molecule has 0 aliphatic heterocycles. The van der Waals surface area contributed by atoms with Crippen LogP contribution in [-0.2, 0) is 0 Å². The Morgan fingerprint density at radius 2 is 1.18 bits per heavy atom. The predicted octanol–water partition coefficient (Wildman–Crippen LogP) is -4.10. The zero-order chi connectivity index (χ0) is 8.57. The fourth-order valence-electron chi connectivity index (χ4n) is 0.0577. The van der Waals surface area contributed by atoms with Crippen molar-refractivity contribution in [3.05, 3.63) is 0 Å². The average Bonchev–Trinajstić information content (AvgIpc) is 1.85. The fraction of sp³-hybridized carbons (Fsp3) is 1.00. The molecule has 0 amide bonds. The molecule has 0 aromatic heterocycles. The molecule has 11 heavy (non-hydrogen) atoms. The third kappa shape index (κ3) is 36.2. The van der Waals surface area contributed by atoms with Gasteiger partial charge in [0.2, 0.25) is 0 Å². The molecule has 0 unspecified atom stereocenters. The van der Waals surface area contributed by atoms with Crippen molar-refractivity contribution in [3.8, 4) is 0 Å². The Morgan fingerprint density at radius 3 is 1.18 bits per heavy atom. The molecule has 0 heterocycles. The van der Waals surface area contributed by atoms with Gasteiger partial charge in [0, 0.05) is 29.6 Å². The first-order chi connectivity index (χ1) is 4.54. The molecule has 6 nitrogen and oxygen atoms in total. The van der Waals surface area contributed by atoms with Crippen molar-refractivity contribution >= 4 is 36.9 Å². The Hall–Kier alpha value is 0.825. The smallest absolute Gasteiger partial charge is 0.402 e. The monoisotopic (exact) mass is 177 g/mol. The van der Waals surface area contributed by atoms with Crippen LogP contribution < -0.4 is 0 Å². The van der Waals surface area contributed by atoms with Gasteiger partial charge in [-0.25, -0.2) is 0 Å². The molecule has 0 aromatic rings. The second-order valence-electron chi connectivity index (χ2n) is 1.37. The van der Waals surface area contributed by atoms with Crippen molar-refractivity contribution in [2.45, 2.75) is 6.10 Å². The number of aliphatic hydroxyl groups is 3. The van der Waals surface area contributed by atoms with Crippen LogP contribution in [0.2, 0.25) is 0 Å². The van der Waals surface area contributed by atoms with Crippen molar-refractivity contribution < 1.29 is 30.4 Å². The summed E-state index contributed by atoms with van der Waals surface area (Å²) in [6.45, 7) is -0.729. The van der Waals surface area contributed by atoms with Crippen molar-refractivity contribution in [1.82, 2.24) is 0 Å². The Labute approximate surface area is 86.6 Å². The van der Waals surface area contributed by atoms with Crippen LogP contribution >= 0.6 is 0 Å². The van der Waals surface area contributed by atoms with Crippen LogP contribution in [0.3, 0.4) is 0 Å². The summed E-state index contributed by atoms with van der Waals surface area (Å²) in [4.78, 5) is 0. The third-order valence-corrected chi connectivity index (χ3v) is 0.421. The van der Waals surface area contributed by atoms with Crippen LogP contribution in [0.4, 0.5) is 0 Å². The molecule has 6 N–H and O–H groups in total. The first kappa shape index (κ1) is 17.8. The maximum Gasteiger partial charge on any atom is 0.631 e. The van der Waals surface area contributed by atoms with E-state index in [0.29, 0.717) is 0 Å². The minimum atomic E-state index is -2.17. The van der Waals surface area contributed by atoms with Gasteiger partial charge < -0.3 is 30.4 Å². The van der Waals surface area contributed by atoms with E-state index in [-0.39, 0.29) is 42.8 Å². The van der Waals surface area contributed by atoms with Gasteiger partial charge in [-0.2, -0.15) is 0 Å². The van der Waals surface area contributed by atoms with Crippen LogP contribution in [0.25, 0.3) is 0 Å². The van der Waals surface area contributed by atoms with Gasteiger partial charge in [0.05, 0.1) is 13.2 Å². The SMILES string of the molecule is OB(O)O.OCC(O)CO.[Na]. The summed E-state index contributed by atoms with van der Waals surface area (Å²) in [6, 6.07) is 0. The molecular weight excluding hydrogens is 166 g/mol. The molecule has 63 valence electrons. The van der Waals surface area contributed by atoms with Crippen molar-refractivity contribution in [2.75, 3.05) is 13.2 Å². The average molecular weight is 177 g/mol. The van der Waals surface area contributed by atoms with Gasteiger partial charge in [-0.1, -0.05) is 0 Å². The third-order valence-electron chi connectivity index (χ3n) is 0.421. The van der Waals surface area contributed by atoms with E-state index >= 15 is 0 Å². The second-order valence-corrected chi connectivity index (χ2v) is 1.37. The number of aliphatic hydroxyl groups excluding tert-OH is 3. The van der Waals surface area contributed by atoms with Gasteiger partial charge in [-0.3, -0.25) is 0 Å². The van der Waals surface area contributed by atoms with E-state index < -0.39 is 13.4 Å².